The standard InChI is InChI=1S/C38H32N4O5/c1-38(2,3)47-37(45)42-22-28(31-30(35(43)41(4)36(31)44)27-21-40-34-26(27)18-12-20-39-34)25-17-11-19-29(32(25)42)46-33(23-13-7-5-8-14-23)24-15-9-6-10-16-24/h5-22,33H,1-4H3,(H,39,40). The minimum atomic E-state index is -0.804. The third-order valence-electron chi connectivity index (χ3n) is 8.10. The fourth-order valence-electron chi connectivity index (χ4n) is 6.02. The number of hydrogen-bond acceptors (Lipinski definition) is 6. The summed E-state index contributed by atoms with van der Waals surface area (Å²) in [5.41, 5.74) is 3.38. The van der Waals surface area contributed by atoms with E-state index in [9.17, 15) is 14.4 Å². The Morgan fingerprint density at radius 3 is 2.04 bits per heavy atom. The van der Waals surface area contributed by atoms with E-state index in [2.05, 4.69) is 9.97 Å². The topological polar surface area (TPSA) is 107 Å². The molecule has 0 radical (unpaired) electrons. The number of pyridine rings is 1. The van der Waals surface area contributed by atoms with Crippen molar-refractivity contribution in [2.75, 3.05) is 7.05 Å². The summed E-state index contributed by atoms with van der Waals surface area (Å²) in [4.78, 5) is 50.1. The summed E-state index contributed by atoms with van der Waals surface area (Å²) in [7, 11) is 1.46. The molecule has 0 fully saturated rings. The first-order valence-electron chi connectivity index (χ1n) is 15.3. The number of benzene rings is 3. The predicted molar refractivity (Wildman–Crippen MR) is 180 cm³/mol. The largest absolute Gasteiger partial charge is 0.479 e. The highest BCUT2D eigenvalue weighted by Crippen LogP contribution is 2.43. The Balaban J connectivity index is 1.48. The first kappa shape index (κ1) is 29.7. The van der Waals surface area contributed by atoms with Gasteiger partial charge < -0.3 is 14.5 Å². The molecule has 2 amide bonds. The monoisotopic (exact) mass is 624 g/mol. The normalized spacial score (nSPS) is 13.8. The van der Waals surface area contributed by atoms with Crippen LogP contribution in [0.4, 0.5) is 4.79 Å². The van der Waals surface area contributed by atoms with Crippen LogP contribution in [0.1, 0.15) is 49.1 Å². The van der Waals surface area contributed by atoms with Gasteiger partial charge in [0.15, 0.2) is 0 Å². The van der Waals surface area contributed by atoms with Gasteiger partial charge in [0.1, 0.15) is 28.6 Å². The number of H-pyrrole nitrogens is 1. The molecule has 1 N–H and O–H groups in total. The van der Waals surface area contributed by atoms with Crippen LogP contribution in [0.3, 0.4) is 0 Å². The molecule has 3 aromatic heterocycles. The molecule has 0 aliphatic carbocycles. The maximum absolute atomic E-state index is 13.9. The average Bonchev–Trinajstić information content (AvgIpc) is 3.73. The van der Waals surface area contributed by atoms with E-state index in [-0.39, 0.29) is 11.1 Å². The lowest BCUT2D eigenvalue weighted by atomic mass is 9.96. The van der Waals surface area contributed by atoms with Crippen LogP contribution in [0.15, 0.2) is 110 Å². The SMILES string of the molecule is CN1C(=O)C(c2c[nH]c3ncccc23)=C(c2cn(C(=O)OC(C)(C)C)c3c(OC(c4ccccc4)c4ccccc4)cccc23)C1=O. The van der Waals surface area contributed by atoms with Gasteiger partial charge in [-0.1, -0.05) is 72.8 Å². The van der Waals surface area contributed by atoms with Crippen molar-refractivity contribution in [1.29, 1.82) is 0 Å². The number of aromatic amines is 1. The fraction of sp³-hybridized carbons (Fsp3) is 0.158. The number of nitrogens with one attached hydrogen (secondary N) is 1. The van der Waals surface area contributed by atoms with E-state index in [1.165, 1.54) is 11.6 Å². The molecule has 0 bridgehead atoms. The van der Waals surface area contributed by atoms with Gasteiger partial charge in [-0.3, -0.25) is 14.5 Å². The Hall–Kier alpha value is -5.96. The van der Waals surface area contributed by atoms with E-state index in [0.29, 0.717) is 38.8 Å². The summed E-state index contributed by atoms with van der Waals surface area (Å²) in [6, 6.07) is 28.7. The number of ether oxygens (including phenoxy) is 2. The van der Waals surface area contributed by atoms with Crippen LogP contribution in [0.2, 0.25) is 0 Å². The summed E-state index contributed by atoms with van der Waals surface area (Å²) in [5, 5.41) is 1.25. The minimum Gasteiger partial charge on any atom is -0.479 e. The van der Waals surface area contributed by atoms with E-state index >= 15 is 0 Å². The van der Waals surface area contributed by atoms with Gasteiger partial charge in [-0.25, -0.2) is 14.3 Å². The second kappa shape index (κ2) is 11.4. The number of hydrogen-bond donors (Lipinski definition) is 1. The van der Waals surface area contributed by atoms with Gasteiger partial charge >= 0.3 is 6.09 Å². The molecule has 3 aromatic carbocycles. The molecule has 0 unspecified atom stereocenters. The van der Waals surface area contributed by atoms with Gasteiger partial charge in [0.05, 0.1) is 11.1 Å². The molecule has 4 heterocycles. The number of fused-ring (bicyclic) bond motifs is 2. The number of aromatic nitrogens is 3. The van der Waals surface area contributed by atoms with Crippen LogP contribution in [0, 0.1) is 0 Å². The van der Waals surface area contributed by atoms with Gasteiger partial charge in [-0.15, -0.1) is 0 Å². The summed E-state index contributed by atoms with van der Waals surface area (Å²) in [6.07, 6.45) is 3.74. The fourth-order valence-corrected chi connectivity index (χ4v) is 6.02. The van der Waals surface area contributed by atoms with Crippen molar-refractivity contribution in [3.05, 3.63) is 132 Å². The maximum atomic E-state index is 13.9. The van der Waals surface area contributed by atoms with E-state index in [1.807, 2.05) is 78.9 Å². The minimum absolute atomic E-state index is 0.175. The van der Waals surface area contributed by atoms with E-state index < -0.39 is 29.6 Å². The molecule has 0 spiro atoms. The van der Waals surface area contributed by atoms with Crippen LogP contribution in [0.25, 0.3) is 33.1 Å². The zero-order valence-electron chi connectivity index (χ0n) is 26.4. The van der Waals surface area contributed by atoms with Crippen molar-refractivity contribution < 1.29 is 23.9 Å². The summed E-state index contributed by atoms with van der Waals surface area (Å²) in [6.45, 7) is 5.36. The smallest absolute Gasteiger partial charge is 0.419 e. The number of rotatable bonds is 6. The number of para-hydroxylation sites is 1. The van der Waals surface area contributed by atoms with Crippen molar-refractivity contribution in [3.63, 3.8) is 0 Å². The van der Waals surface area contributed by atoms with Crippen LogP contribution >= 0.6 is 0 Å². The van der Waals surface area contributed by atoms with Crippen LogP contribution in [-0.4, -0.2) is 50.0 Å². The van der Waals surface area contributed by atoms with Crippen molar-refractivity contribution >= 4 is 51.0 Å². The van der Waals surface area contributed by atoms with Gasteiger partial charge in [0, 0.05) is 47.5 Å². The molecule has 0 saturated heterocycles. The number of nitrogens with zero attached hydrogens (tertiary/aromatic N) is 3. The predicted octanol–water partition coefficient (Wildman–Crippen LogP) is 7.38. The molecule has 0 saturated carbocycles. The van der Waals surface area contributed by atoms with Crippen molar-refractivity contribution in [2.45, 2.75) is 32.5 Å². The molecular weight excluding hydrogens is 592 g/mol. The third-order valence-corrected chi connectivity index (χ3v) is 8.10. The number of carbonyl (C=O) groups excluding carboxylic acids is 3. The summed E-state index contributed by atoms with van der Waals surface area (Å²) in [5.74, 6) is -0.529. The number of carbonyl (C=O) groups is 3. The highest BCUT2D eigenvalue weighted by molar-refractivity contribution is 6.50. The van der Waals surface area contributed by atoms with Crippen LogP contribution in [-0.2, 0) is 14.3 Å². The average molecular weight is 625 g/mol. The molecule has 7 rings (SSSR count). The van der Waals surface area contributed by atoms with Gasteiger partial charge in [0.2, 0.25) is 0 Å². The van der Waals surface area contributed by atoms with E-state index in [1.54, 1.807) is 51.5 Å². The molecule has 9 nitrogen and oxygen atoms in total. The second-order valence-electron chi connectivity index (χ2n) is 12.4. The van der Waals surface area contributed by atoms with Crippen LogP contribution < -0.4 is 4.74 Å². The van der Waals surface area contributed by atoms with Crippen LogP contribution in [0.5, 0.6) is 5.75 Å². The maximum Gasteiger partial charge on any atom is 0.419 e. The first-order chi connectivity index (χ1) is 22.6. The Bertz CT molecular complexity index is 2170. The van der Waals surface area contributed by atoms with E-state index in [4.69, 9.17) is 9.47 Å². The lowest BCUT2D eigenvalue weighted by Crippen LogP contribution is -2.27. The Kier molecular flexibility index (Phi) is 7.24. The van der Waals surface area contributed by atoms with Gasteiger partial charge in [-0.05, 0) is 50.1 Å². The lowest BCUT2D eigenvalue weighted by molar-refractivity contribution is -0.134. The van der Waals surface area contributed by atoms with Crippen molar-refractivity contribution in [3.8, 4) is 5.75 Å². The zero-order valence-corrected chi connectivity index (χ0v) is 26.4. The molecule has 6 aromatic rings. The Labute approximate surface area is 271 Å². The first-order valence-corrected chi connectivity index (χ1v) is 15.3. The highest BCUT2D eigenvalue weighted by atomic mass is 16.6. The molecule has 1 aliphatic heterocycles. The van der Waals surface area contributed by atoms with Crippen molar-refractivity contribution in [1.82, 2.24) is 19.4 Å². The molecule has 0 atom stereocenters. The highest BCUT2D eigenvalue weighted by Gasteiger charge is 2.40. The Morgan fingerprint density at radius 1 is 0.787 bits per heavy atom. The molecule has 47 heavy (non-hydrogen) atoms. The molecular formula is C38H32N4O5. The zero-order chi connectivity index (χ0) is 32.9. The third kappa shape index (κ3) is 5.25. The van der Waals surface area contributed by atoms with Gasteiger partial charge in [0.25, 0.3) is 11.8 Å². The van der Waals surface area contributed by atoms with Crippen molar-refractivity contribution in [2.24, 2.45) is 0 Å². The molecule has 9 heteroatoms. The number of imide groups is 1. The molecule has 1 aliphatic rings. The Morgan fingerprint density at radius 2 is 1.40 bits per heavy atom. The number of likely N-dealkylation sites (N-methyl/N-ethyl adjacent to an activating group) is 1. The van der Waals surface area contributed by atoms with E-state index in [0.717, 1.165) is 16.0 Å². The summed E-state index contributed by atoms with van der Waals surface area (Å²) < 4.78 is 14.0. The summed E-state index contributed by atoms with van der Waals surface area (Å²) >= 11 is 0. The molecule has 234 valence electrons. The quantitative estimate of drug-likeness (QED) is 0.194. The lowest BCUT2D eigenvalue weighted by Gasteiger charge is -2.22. The second-order valence-corrected chi connectivity index (χ2v) is 12.4. The van der Waals surface area contributed by atoms with Gasteiger partial charge in [-0.2, -0.15) is 0 Å². The number of amides is 2.